The average Bonchev–Trinajstić information content (AvgIpc) is 3.39. The fraction of sp³-hybridized carbons (Fsp3) is 0.870. The Balaban J connectivity index is 0.00000272. The van der Waals surface area contributed by atoms with Crippen LogP contribution in [0.4, 0.5) is 0 Å². The highest BCUT2D eigenvalue weighted by molar-refractivity contribution is 14.0. The van der Waals surface area contributed by atoms with Crippen LogP contribution in [0.15, 0.2) is 4.99 Å². The molecule has 1 aromatic rings. The summed E-state index contributed by atoms with van der Waals surface area (Å²) >= 11 is 0. The SMILES string of the molecule is Cc1nnc(CN=C(NC2CCCC2)NC2CCN(CC3CCCCC3)CC2)n1C.I. The van der Waals surface area contributed by atoms with E-state index in [9.17, 15) is 0 Å². The number of nitrogens with one attached hydrogen (secondary N) is 2. The summed E-state index contributed by atoms with van der Waals surface area (Å²) in [5.74, 6) is 3.76. The molecular formula is C23H42IN7. The third-order valence-corrected chi connectivity index (χ3v) is 7.43. The van der Waals surface area contributed by atoms with Gasteiger partial charge in [-0.1, -0.05) is 32.1 Å². The summed E-state index contributed by atoms with van der Waals surface area (Å²) in [4.78, 5) is 7.60. The van der Waals surface area contributed by atoms with Gasteiger partial charge in [0, 0.05) is 38.8 Å². The number of guanidine groups is 1. The van der Waals surface area contributed by atoms with Crippen LogP contribution in [-0.2, 0) is 13.6 Å². The third-order valence-electron chi connectivity index (χ3n) is 7.43. The van der Waals surface area contributed by atoms with Crippen LogP contribution in [0.3, 0.4) is 0 Å². The first kappa shape index (κ1) is 24.7. The highest BCUT2D eigenvalue weighted by atomic mass is 127. The predicted molar refractivity (Wildman–Crippen MR) is 137 cm³/mol. The number of aryl methyl sites for hydroxylation is 1. The van der Waals surface area contributed by atoms with Gasteiger partial charge in [0.2, 0.25) is 0 Å². The Kier molecular flexibility index (Phi) is 9.87. The summed E-state index contributed by atoms with van der Waals surface area (Å²) in [6, 6.07) is 1.07. The van der Waals surface area contributed by atoms with E-state index in [-0.39, 0.29) is 24.0 Å². The summed E-state index contributed by atoms with van der Waals surface area (Å²) < 4.78 is 2.03. The minimum absolute atomic E-state index is 0. The van der Waals surface area contributed by atoms with Crippen molar-refractivity contribution in [3.05, 3.63) is 11.6 Å². The summed E-state index contributed by atoms with van der Waals surface area (Å²) in [5, 5.41) is 15.9. The van der Waals surface area contributed by atoms with E-state index in [0.717, 1.165) is 23.5 Å². The van der Waals surface area contributed by atoms with E-state index in [1.54, 1.807) is 0 Å². The van der Waals surface area contributed by atoms with Crippen LogP contribution in [0.2, 0.25) is 0 Å². The monoisotopic (exact) mass is 543 g/mol. The Labute approximate surface area is 205 Å². The van der Waals surface area contributed by atoms with Gasteiger partial charge in [-0.3, -0.25) is 0 Å². The van der Waals surface area contributed by atoms with Gasteiger partial charge in [-0.2, -0.15) is 0 Å². The summed E-state index contributed by atoms with van der Waals surface area (Å²) in [7, 11) is 2.01. The molecule has 2 aliphatic carbocycles. The molecule has 1 aromatic heterocycles. The minimum Gasteiger partial charge on any atom is -0.354 e. The number of hydrogen-bond donors (Lipinski definition) is 2. The number of nitrogens with zero attached hydrogens (tertiary/aromatic N) is 5. The maximum Gasteiger partial charge on any atom is 0.192 e. The highest BCUT2D eigenvalue weighted by Gasteiger charge is 2.24. The van der Waals surface area contributed by atoms with Crippen molar-refractivity contribution in [1.82, 2.24) is 30.3 Å². The van der Waals surface area contributed by atoms with Crippen molar-refractivity contribution in [2.45, 2.75) is 96.2 Å². The van der Waals surface area contributed by atoms with E-state index < -0.39 is 0 Å². The Morgan fingerprint density at radius 2 is 1.52 bits per heavy atom. The molecule has 1 saturated heterocycles. The van der Waals surface area contributed by atoms with Gasteiger partial charge >= 0.3 is 0 Å². The molecule has 0 unspecified atom stereocenters. The molecular weight excluding hydrogens is 501 g/mol. The molecule has 0 radical (unpaired) electrons. The fourth-order valence-corrected chi connectivity index (χ4v) is 5.32. The van der Waals surface area contributed by atoms with Gasteiger partial charge < -0.3 is 20.1 Å². The molecule has 2 heterocycles. The van der Waals surface area contributed by atoms with E-state index >= 15 is 0 Å². The molecule has 31 heavy (non-hydrogen) atoms. The average molecular weight is 544 g/mol. The van der Waals surface area contributed by atoms with Gasteiger partial charge in [0.05, 0.1) is 0 Å². The number of hydrogen-bond acceptors (Lipinski definition) is 4. The molecule has 4 rings (SSSR count). The zero-order valence-corrected chi connectivity index (χ0v) is 21.8. The molecule has 176 valence electrons. The van der Waals surface area contributed by atoms with Gasteiger partial charge in [0.15, 0.2) is 11.8 Å². The van der Waals surface area contributed by atoms with E-state index in [1.165, 1.54) is 90.3 Å². The first-order valence-electron chi connectivity index (χ1n) is 12.3. The molecule has 7 nitrogen and oxygen atoms in total. The van der Waals surface area contributed by atoms with Crippen LogP contribution in [0.25, 0.3) is 0 Å². The number of rotatable bonds is 6. The fourth-order valence-electron chi connectivity index (χ4n) is 5.32. The number of aliphatic imine (C=N–C) groups is 1. The van der Waals surface area contributed by atoms with Crippen molar-refractivity contribution >= 4 is 29.9 Å². The first-order chi connectivity index (χ1) is 14.7. The first-order valence-corrected chi connectivity index (χ1v) is 12.3. The maximum atomic E-state index is 4.90. The quantitative estimate of drug-likeness (QED) is 0.325. The summed E-state index contributed by atoms with van der Waals surface area (Å²) in [5.41, 5.74) is 0. The van der Waals surface area contributed by atoms with Crippen LogP contribution < -0.4 is 10.6 Å². The lowest BCUT2D eigenvalue weighted by molar-refractivity contribution is 0.160. The number of piperidine rings is 1. The number of halogens is 1. The summed E-state index contributed by atoms with van der Waals surface area (Å²) in [6.45, 7) is 6.30. The van der Waals surface area contributed by atoms with Crippen molar-refractivity contribution in [2.24, 2.45) is 18.0 Å². The zero-order valence-electron chi connectivity index (χ0n) is 19.5. The number of aromatic nitrogens is 3. The van der Waals surface area contributed by atoms with Gasteiger partial charge in [0.1, 0.15) is 12.4 Å². The lowest BCUT2D eigenvalue weighted by atomic mass is 9.88. The molecule has 1 aliphatic heterocycles. The Morgan fingerprint density at radius 3 is 2.13 bits per heavy atom. The number of likely N-dealkylation sites (tertiary alicyclic amines) is 1. The molecule has 0 atom stereocenters. The molecule has 0 spiro atoms. The lowest BCUT2D eigenvalue weighted by Crippen LogP contribution is -2.51. The van der Waals surface area contributed by atoms with Crippen molar-refractivity contribution < 1.29 is 0 Å². The lowest BCUT2D eigenvalue weighted by Gasteiger charge is -2.36. The Bertz CT molecular complexity index is 684. The molecule has 3 aliphatic rings. The van der Waals surface area contributed by atoms with Crippen molar-refractivity contribution in [3.63, 3.8) is 0 Å². The Hall–Kier alpha value is -0.900. The van der Waals surface area contributed by atoms with Gasteiger partial charge in [-0.15, -0.1) is 34.2 Å². The predicted octanol–water partition coefficient (Wildman–Crippen LogP) is 3.76. The van der Waals surface area contributed by atoms with Crippen LogP contribution in [0.1, 0.15) is 82.3 Å². The third kappa shape index (κ3) is 7.30. The van der Waals surface area contributed by atoms with Crippen LogP contribution in [0.5, 0.6) is 0 Å². The maximum absolute atomic E-state index is 4.90. The largest absolute Gasteiger partial charge is 0.354 e. The molecule has 0 bridgehead atoms. The molecule has 0 aromatic carbocycles. The van der Waals surface area contributed by atoms with E-state index in [1.807, 2.05) is 18.5 Å². The zero-order chi connectivity index (χ0) is 20.8. The van der Waals surface area contributed by atoms with Gasteiger partial charge in [-0.25, -0.2) is 4.99 Å². The smallest absolute Gasteiger partial charge is 0.192 e. The van der Waals surface area contributed by atoms with E-state index in [2.05, 4.69) is 25.7 Å². The second kappa shape index (κ2) is 12.4. The molecule has 3 fully saturated rings. The van der Waals surface area contributed by atoms with E-state index in [4.69, 9.17) is 4.99 Å². The van der Waals surface area contributed by atoms with Crippen LogP contribution in [0, 0.1) is 12.8 Å². The van der Waals surface area contributed by atoms with Crippen molar-refractivity contribution in [3.8, 4) is 0 Å². The molecule has 2 saturated carbocycles. The second-order valence-corrected chi connectivity index (χ2v) is 9.74. The second-order valence-electron chi connectivity index (χ2n) is 9.74. The minimum atomic E-state index is 0. The Morgan fingerprint density at radius 1 is 0.903 bits per heavy atom. The van der Waals surface area contributed by atoms with Crippen molar-refractivity contribution in [1.29, 1.82) is 0 Å². The molecule has 0 amide bonds. The topological polar surface area (TPSA) is 70.4 Å². The van der Waals surface area contributed by atoms with Gasteiger partial charge in [-0.05, 0) is 51.4 Å². The van der Waals surface area contributed by atoms with Gasteiger partial charge in [0.25, 0.3) is 0 Å². The normalized spacial score (nSPS) is 22.5. The molecule has 8 heteroatoms. The van der Waals surface area contributed by atoms with Crippen LogP contribution in [-0.4, -0.2) is 57.3 Å². The highest BCUT2D eigenvalue weighted by Crippen LogP contribution is 2.25. The van der Waals surface area contributed by atoms with Crippen LogP contribution >= 0.6 is 24.0 Å². The summed E-state index contributed by atoms with van der Waals surface area (Å²) in [6.07, 6.45) is 14.8. The standard InChI is InChI=1S/C23H41N7.HI/c1-18-27-28-22(29(18)2)16-24-23(25-20-10-6-7-11-20)26-21-12-14-30(15-13-21)17-19-8-4-3-5-9-19;/h19-21H,3-17H2,1-2H3,(H2,24,25,26);1H. The van der Waals surface area contributed by atoms with E-state index in [0.29, 0.717) is 18.6 Å². The van der Waals surface area contributed by atoms with Crippen molar-refractivity contribution in [2.75, 3.05) is 19.6 Å². The molecule has 2 N–H and O–H groups in total.